The Hall–Kier alpha value is -1.13. The second kappa shape index (κ2) is 8.50. The van der Waals surface area contributed by atoms with Gasteiger partial charge in [-0.3, -0.25) is 4.90 Å². The van der Waals surface area contributed by atoms with Crippen molar-refractivity contribution in [2.45, 2.75) is 58.9 Å². The van der Waals surface area contributed by atoms with Gasteiger partial charge in [0.25, 0.3) is 0 Å². The molecule has 0 amide bonds. The second-order valence-corrected chi connectivity index (χ2v) is 7.69. The van der Waals surface area contributed by atoms with Crippen molar-refractivity contribution < 1.29 is 14.3 Å². The number of rotatable bonds is 4. The van der Waals surface area contributed by atoms with Gasteiger partial charge in [0.1, 0.15) is 0 Å². The first-order chi connectivity index (χ1) is 12.1. The van der Waals surface area contributed by atoms with Crippen molar-refractivity contribution in [3.05, 3.63) is 22.8 Å². The maximum atomic E-state index is 12.6. The van der Waals surface area contributed by atoms with Crippen LogP contribution in [0.2, 0.25) is 0 Å². The fourth-order valence-corrected chi connectivity index (χ4v) is 5.04. The summed E-state index contributed by atoms with van der Waals surface area (Å²) in [4.78, 5) is 15.1. The molecule has 4 heteroatoms. The van der Waals surface area contributed by atoms with E-state index in [0.29, 0.717) is 24.5 Å². The monoisotopic (exact) mass is 347 g/mol. The number of carbonyl (C=O) groups excluding carboxylic acids is 1. The molecule has 3 aliphatic rings. The SMILES string of the molecule is CCOC(=O)C1=C(C)C(C2CCCCC2)C(N2CCOCC2)C=C1C. The molecule has 2 fully saturated rings. The summed E-state index contributed by atoms with van der Waals surface area (Å²) in [5.74, 6) is 0.965. The molecule has 1 aliphatic heterocycles. The first-order valence-electron chi connectivity index (χ1n) is 10.0. The molecule has 140 valence electrons. The van der Waals surface area contributed by atoms with Gasteiger partial charge in [-0.25, -0.2) is 4.79 Å². The van der Waals surface area contributed by atoms with E-state index >= 15 is 0 Å². The molecule has 0 N–H and O–H groups in total. The van der Waals surface area contributed by atoms with Gasteiger partial charge in [0.15, 0.2) is 0 Å². The molecule has 2 unspecified atom stereocenters. The van der Waals surface area contributed by atoms with Crippen LogP contribution in [0.1, 0.15) is 52.9 Å². The van der Waals surface area contributed by atoms with Crippen molar-refractivity contribution in [1.82, 2.24) is 4.90 Å². The third kappa shape index (κ3) is 4.01. The number of hydrogen-bond donors (Lipinski definition) is 0. The van der Waals surface area contributed by atoms with Gasteiger partial charge in [-0.2, -0.15) is 0 Å². The first-order valence-corrected chi connectivity index (χ1v) is 10.0. The van der Waals surface area contributed by atoms with E-state index in [2.05, 4.69) is 24.8 Å². The summed E-state index contributed by atoms with van der Waals surface area (Å²) < 4.78 is 10.9. The molecule has 0 aromatic rings. The zero-order valence-corrected chi connectivity index (χ0v) is 16.1. The average Bonchev–Trinajstić information content (AvgIpc) is 2.63. The highest BCUT2D eigenvalue weighted by atomic mass is 16.5. The molecule has 4 nitrogen and oxygen atoms in total. The Labute approximate surface area is 152 Å². The predicted molar refractivity (Wildman–Crippen MR) is 99.3 cm³/mol. The van der Waals surface area contributed by atoms with Crippen LogP contribution in [-0.4, -0.2) is 49.8 Å². The smallest absolute Gasteiger partial charge is 0.338 e. The van der Waals surface area contributed by atoms with E-state index in [0.717, 1.165) is 37.4 Å². The van der Waals surface area contributed by atoms with Crippen molar-refractivity contribution in [2.24, 2.45) is 11.8 Å². The summed E-state index contributed by atoms with van der Waals surface area (Å²) >= 11 is 0. The Bertz CT molecular complexity index is 539. The van der Waals surface area contributed by atoms with Gasteiger partial charge in [0.2, 0.25) is 0 Å². The van der Waals surface area contributed by atoms with Crippen molar-refractivity contribution >= 4 is 5.97 Å². The molecule has 25 heavy (non-hydrogen) atoms. The minimum Gasteiger partial charge on any atom is -0.462 e. The van der Waals surface area contributed by atoms with E-state index in [4.69, 9.17) is 9.47 Å². The zero-order valence-electron chi connectivity index (χ0n) is 16.1. The predicted octanol–water partition coefficient (Wildman–Crippen LogP) is 3.72. The third-order valence-corrected chi connectivity index (χ3v) is 6.18. The molecule has 0 aromatic heterocycles. The first kappa shape index (κ1) is 18.7. The Balaban J connectivity index is 1.93. The molecule has 3 rings (SSSR count). The topological polar surface area (TPSA) is 38.8 Å². The molecule has 0 radical (unpaired) electrons. The van der Waals surface area contributed by atoms with Crippen LogP contribution in [0.25, 0.3) is 0 Å². The second-order valence-electron chi connectivity index (χ2n) is 7.69. The lowest BCUT2D eigenvalue weighted by atomic mass is 9.69. The lowest BCUT2D eigenvalue weighted by Gasteiger charge is -2.45. The molecule has 2 aliphatic carbocycles. The normalized spacial score (nSPS) is 29.5. The van der Waals surface area contributed by atoms with E-state index in [-0.39, 0.29) is 5.97 Å². The van der Waals surface area contributed by atoms with Gasteiger partial charge in [0, 0.05) is 25.0 Å². The van der Waals surface area contributed by atoms with Gasteiger partial charge < -0.3 is 9.47 Å². The molecule has 2 atom stereocenters. The molecular formula is C21H33NO3. The lowest BCUT2D eigenvalue weighted by Crippen LogP contribution is -2.49. The van der Waals surface area contributed by atoms with E-state index < -0.39 is 0 Å². The molecule has 1 heterocycles. The summed E-state index contributed by atoms with van der Waals surface area (Å²) in [6.45, 7) is 10.2. The van der Waals surface area contributed by atoms with Gasteiger partial charge in [0.05, 0.1) is 25.4 Å². The standard InChI is InChI=1S/C21H33NO3/c1-4-25-21(23)19-15(2)14-18(22-10-12-24-13-11-22)20(16(19)3)17-8-6-5-7-9-17/h14,17-18,20H,4-13H2,1-3H3. The van der Waals surface area contributed by atoms with Gasteiger partial charge >= 0.3 is 5.97 Å². The summed E-state index contributed by atoms with van der Waals surface area (Å²) in [6, 6.07) is 0.394. The number of ether oxygens (including phenoxy) is 2. The molecule has 1 saturated carbocycles. The fourth-order valence-electron chi connectivity index (χ4n) is 5.04. The molecule has 0 aromatic carbocycles. The maximum absolute atomic E-state index is 12.6. The molecule has 0 bridgehead atoms. The van der Waals surface area contributed by atoms with Crippen molar-refractivity contribution in [2.75, 3.05) is 32.9 Å². The van der Waals surface area contributed by atoms with E-state index in [1.54, 1.807) is 0 Å². The average molecular weight is 347 g/mol. The Morgan fingerprint density at radius 2 is 1.88 bits per heavy atom. The Kier molecular flexibility index (Phi) is 6.34. The Morgan fingerprint density at radius 1 is 1.20 bits per heavy atom. The highest BCUT2D eigenvalue weighted by molar-refractivity contribution is 5.94. The minimum atomic E-state index is -0.144. The van der Waals surface area contributed by atoms with E-state index in [1.807, 2.05) is 6.92 Å². The van der Waals surface area contributed by atoms with Crippen molar-refractivity contribution in [3.63, 3.8) is 0 Å². The summed E-state index contributed by atoms with van der Waals surface area (Å²) in [5.41, 5.74) is 3.17. The fraction of sp³-hybridized carbons (Fsp3) is 0.762. The summed E-state index contributed by atoms with van der Waals surface area (Å²) in [5, 5.41) is 0. The number of morpholine rings is 1. The number of hydrogen-bond acceptors (Lipinski definition) is 4. The van der Waals surface area contributed by atoms with Crippen LogP contribution in [-0.2, 0) is 14.3 Å². The van der Waals surface area contributed by atoms with Crippen LogP contribution in [0, 0.1) is 11.8 Å². The van der Waals surface area contributed by atoms with Crippen molar-refractivity contribution in [1.29, 1.82) is 0 Å². The van der Waals surface area contributed by atoms with Crippen molar-refractivity contribution in [3.8, 4) is 0 Å². The molecular weight excluding hydrogens is 314 g/mol. The van der Waals surface area contributed by atoms with Crippen LogP contribution in [0.5, 0.6) is 0 Å². The summed E-state index contributed by atoms with van der Waals surface area (Å²) in [6.07, 6.45) is 8.90. The Morgan fingerprint density at radius 3 is 2.52 bits per heavy atom. The van der Waals surface area contributed by atoms with Crippen LogP contribution in [0.15, 0.2) is 22.8 Å². The van der Waals surface area contributed by atoms with E-state index in [9.17, 15) is 4.79 Å². The van der Waals surface area contributed by atoms with Crippen LogP contribution >= 0.6 is 0 Å². The van der Waals surface area contributed by atoms with Gasteiger partial charge in [-0.05, 0) is 45.1 Å². The van der Waals surface area contributed by atoms with Crippen LogP contribution < -0.4 is 0 Å². The zero-order chi connectivity index (χ0) is 17.8. The maximum Gasteiger partial charge on any atom is 0.338 e. The van der Waals surface area contributed by atoms with Gasteiger partial charge in [-0.15, -0.1) is 0 Å². The minimum absolute atomic E-state index is 0.144. The van der Waals surface area contributed by atoms with Gasteiger partial charge in [-0.1, -0.05) is 30.9 Å². The highest BCUT2D eigenvalue weighted by Gasteiger charge is 2.39. The number of esters is 1. The third-order valence-electron chi connectivity index (χ3n) is 6.18. The summed E-state index contributed by atoms with van der Waals surface area (Å²) in [7, 11) is 0. The largest absolute Gasteiger partial charge is 0.462 e. The number of carbonyl (C=O) groups is 1. The highest BCUT2D eigenvalue weighted by Crippen LogP contribution is 2.43. The quantitative estimate of drug-likeness (QED) is 0.727. The number of nitrogens with zero attached hydrogens (tertiary/aromatic N) is 1. The molecule has 1 saturated heterocycles. The molecule has 0 spiro atoms. The van der Waals surface area contributed by atoms with Crippen LogP contribution in [0.4, 0.5) is 0 Å². The van der Waals surface area contributed by atoms with E-state index in [1.165, 1.54) is 37.7 Å². The lowest BCUT2D eigenvalue weighted by molar-refractivity contribution is -0.138. The van der Waals surface area contributed by atoms with Crippen LogP contribution in [0.3, 0.4) is 0 Å².